The molecule has 0 amide bonds. The van der Waals surface area contributed by atoms with Crippen LogP contribution in [0.15, 0.2) is 4.99 Å². The molecule has 0 aliphatic heterocycles. The maximum absolute atomic E-state index is 5.82. The van der Waals surface area contributed by atoms with Crippen LogP contribution in [0.1, 0.15) is 39.5 Å². The van der Waals surface area contributed by atoms with E-state index < -0.39 is 0 Å². The van der Waals surface area contributed by atoms with Crippen LogP contribution in [-0.4, -0.2) is 32.3 Å². The molecule has 0 radical (unpaired) electrons. The van der Waals surface area contributed by atoms with Crippen molar-refractivity contribution in [3.05, 3.63) is 0 Å². The quantitative estimate of drug-likeness (QED) is 0.512. The second-order valence-electron chi connectivity index (χ2n) is 4.95. The Morgan fingerprint density at radius 3 is 2.75 bits per heavy atom. The molecule has 0 heterocycles. The number of methoxy groups -OCH3 is 1. The first-order valence-electron chi connectivity index (χ1n) is 6.17. The van der Waals surface area contributed by atoms with Crippen LogP contribution in [0.5, 0.6) is 0 Å². The second kappa shape index (κ2) is 6.09. The molecule has 1 rings (SSSR count). The minimum absolute atomic E-state index is 0.218. The highest BCUT2D eigenvalue weighted by molar-refractivity contribution is 5.78. The summed E-state index contributed by atoms with van der Waals surface area (Å²) in [6.07, 6.45) is 5.14. The SMILES string of the molecule is CCCC1(CN=C(N)NC(C)COC)CC1. The molecule has 4 heteroatoms. The number of hydrogen-bond donors (Lipinski definition) is 2. The maximum atomic E-state index is 5.82. The Labute approximate surface area is 98.6 Å². The summed E-state index contributed by atoms with van der Waals surface area (Å²) < 4.78 is 5.03. The Hall–Kier alpha value is -0.770. The lowest BCUT2D eigenvalue weighted by molar-refractivity contribution is 0.179. The molecule has 0 aromatic rings. The fourth-order valence-electron chi connectivity index (χ4n) is 2.04. The third-order valence-electron chi connectivity index (χ3n) is 3.13. The summed E-state index contributed by atoms with van der Waals surface area (Å²) >= 11 is 0. The van der Waals surface area contributed by atoms with Gasteiger partial charge in [0.1, 0.15) is 0 Å². The fraction of sp³-hybridized carbons (Fsp3) is 0.917. The van der Waals surface area contributed by atoms with Gasteiger partial charge in [0.2, 0.25) is 0 Å². The Bertz CT molecular complexity index is 236. The van der Waals surface area contributed by atoms with Crippen molar-refractivity contribution in [2.45, 2.75) is 45.6 Å². The van der Waals surface area contributed by atoms with Crippen LogP contribution in [0.25, 0.3) is 0 Å². The van der Waals surface area contributed by atoms with Crippen molar-refractivity contribution in [2.75, 3.05) is 20.3 Å². The Balaban J connectivity index is 2.28. The van der Waals surface area contributed by atoms with Gasteiger partial charge < -0.3 is 15.8 Å². The van der Waals surface area contributed by atoms with Gasteiger partial charge in [-0.3, -0.25) is 4.99 Å². The predicted octanol–water partition coefficient (Wildman–Crippen LogP) is 1.51. The molecule has 94 valence electrons. The van der Waals surface area contributed by atoms with Crippen molar-refractivity contribution in [1.29, 1.82) is 0 Å². The zero-order valence-electron chi connectivity index (χ0n) is 10.8. The molecule has 4 nitrogen and oxygen atoms in total. The molecule has 1 aliphatic rings. The summed E-state index contributed by atoms with van der Waals surface area (Å²) in [5.41, 5.74) is 6.30. The smallest absolute Gasteiger partial charge is 0.188 e. The first kappa shape index (κ1) is 13.3. The summed E-state index contributed by atoms with van der Waals surface area (Å²) in [6.45, 7) is 5.78. The number of nitrogens with two attached hydrogens (primary N) is 1. The van der Waals surface area contributed by atoms with Crippen LogP contribution in [0.3, 0.4) is 0 Å². The van der Waals surface area contributed by atoms with E-state index >= 15 is 0 Å². The average molecular weight is 227 g/mol. The number of guanidine groups is 1. The summed E-state index contributed by atoms with van der Waals surface area (Å²) in [7, 11) is 1.69. The standard InChI is InChI=1S/C12H25N3O/c1-4-5-12(6-7-12)9-14-11(13)15-10(2)8-16-3/h10H,4-9H2,1-3H3,(H3,13,14,15). The van der Waals surface area contributed by atoms with E-state index in [1.807, 2.05) is 6.92 Å². The lowest BCUT2D eigenvalue weighted by Gasteiger charge is -2.15. The zero-order valence-corrected chi connectivity index (χ0v) is 10.8. The normalized spacial score (nSPS) is 20.6. The molecule has 0 aromatic carbocycles. The second-order valence-corrected chi connectivity index (χ2v) is 4.95. The molecule has 16 heavy (non-hydrogen) atoms. The third-order valence-corrected chi connectivity index (χ3v) is 3.13. The largest absolute Gasteiger partial charge is 0.383 e. The van der Waals surface area contributed by atoms with Crippen LogP contribution < -0.4 is 11.1 Å². The van der Waals surface area contributed by atoms with Gasteiger partial charge in [-0.25, -0.2) is 0 Å². The van der Waals surface area contributed by atoms with Gasteiger partial charge in [0.05, 0.1) is 6.61 Å². The van der Waals surface area contributed by atoms with E-state index in [0.717, 1.165) is 6.54 Å². The number of nitrogens with zero attached hydrogens (tertiary/aromatic N) is 1. The van der Waals surface area contributed by atoms with Gasteiger partial charge in [0, 0.05) is 19.7 Å². The van der Waals surface area contributed by atoms with Gasteiger partial charge >= 0.3 is 0 Å². The molecular weight excluding hydrogens is 202 g/mol. The summed E-state index contributed by atoms with van der Waals surface area (Å²) in [5.74, 6) is 0.548. The van der Waals surface area contributed by atoms with Crippen LogP contribution in [0.4, 0.5) is 0 Å². The topological polar surface area (TPSA) is 59.6 Å². The van der Waals surface area contributed by atoms with Crippen LogP contribution in [0, 0.1) is 5.41 Å². The van der Waals surface area contributed by atoms with E-state index in [4.69, 9.17) is 10.5 Å². The van der Waals surface area contributed by atoms with Gasteiger partial charge in [-0.05, 0) is 31.6 Å². The molecule has 1 aliphatic carbocycles. The number of nitrogens with one attached hydrogen (secondary N) is 1. The van der Waals surface area contributed by atoms with Gasteiger partial charge in [-0.2, -0.15) is 0 Å². The summed E-state index contributed by atoms with van der Waals surface area (Å²) in [5, 5.41) is 3.13. The van der Waals surface area contributed by atoms with Crippen molar-refractivity contribution in [3.63, 3.8) is 0 Å². The predicted molar refractivity (Wildman–Crippen MR) is 67.5 cm³/mol. The number of rotatable bonds is 7. The average Bonchev–Trinajstić information content (AvgIpc) is 2.97. The van der Waals surface area contributed by atoms with Gasteiger partial charge in [-0.1, -0.05) is 13.3 Å². The molecule has 1 unspecified atom stereocenters. The van der Waals surface area contributed by atoms with E-state index in [-0.39, 0.29) is 6.04 Å². The lowest BCUT2D eigenvalue weighted by Crippen LogP contribution is -2.41. The maximum Gasteiger partial charge on any atom is 0.188 e. The van der Waals surface area contributed by atoms with Crippen molar-refractivity contribution < 1.29 is 4.74 Å². The molecule has 3 N–H and O–H groups in total. The Morgan fingerprint density at radius 1 is 1.56 bits per heavy atom. The molecule has 0 bridgehead atoms. The highest BCUT2D eigenvalue weighted by Gasteiger charge is 2.41. The minimum atomic E-state index is 0.218. The van der Waals surface area contributed by atoms with Crippen molar-refractivity contribution in [2.24, 2.45) is 16.1 Å². The van der Waals surface area contributed by atoms with E-state index in [1.165, 1.54) is 25.7 Å². The third kappa shape index (κ3) is 4.39. The minimum Gasteiger partial charge on any atom is -0.383 e. The van der Waals surface area contributed by atoms with E-state index in [1.54, 1.807) is 7.11 Å². The highest BCUT2D eigenvalue weighted by atomic mass is 16.5. The van der Waals surface area contributed by atoms with Crippen LogP contribution in [0.2, 0.25) is 0 Å². The molecule has 0 aromatic heterocycles. The van der Waals surface area contributed by atoms with Crippen molar-refractivity contribution >= 4 is 5.96 Å². The van der Waals surface area contributed by atoms with Gasteiger partial charge in [0.25, 0.3) is 0 Å². The monoisotopic (exact) mass is 227 g/mol. The molecular formula is C12H25N3O. The van der Waals surface area contributed by atoms with E-state index in [2.05, 4.69) is 17.2 Å². The highest BCUT2D eigenvalue weighted by Crippen LogP contribution is 2.49. The molecule has 1 saturated carbocycles. The molecule has 0 saturated heterocycles. The number of hydrogen-bond acceptors (Lipinski definition) is 2. The van der Waals surface area contributed by atoms with Crippen molar-refractivity contribution in [1.82, 2.24) is 5.32 Å². The van der Waals surface area contributed by atoms with Crippen molar-refractivity contribution in [3.8, 4) is 0 Å². The first-order valence-corrected chi connectivity index (χ1v) is 6.17. The van der Waals surface area contributed by atoms with E-state index in [0.29, 0.717) is 18.0 Å². The lowest BCUT2D eigenvalue weighted by atomic mass is 10.0. The molecule has 1 atom stereocenters. The van der Waals surface area contributed by atoms with Crippen LogP contribution >= 0.6 is 0 Å². The Morgan fingerprint density at radius 2 is 2.25 bits per heavy atom. The molecule has 1 fully saturated rings. The van der Waals surface area contributed by atoms with E-state index in [9.17, 15) is 0 Å². The van der Waals surface area contributed by atoms with Crippen LogP contribution in [-0.2, 0) is 4.74 Å². The summed E-state index contributed by atoms with van der Waals surface area (Å²) in [6, 6.07) is 0.218. The van der Waals surface area contributed by atoms with Gasteiger partial charge in [0.15, 0.2) is 5.96 Å². The Kier molecular flexibility index (Phi) is 5.06. The fourth-order valence-corrected chi connectivity index (χ4v) is 2.04. The molecule has 0 spiro atoms. The zero-order chi connectivity index (χ0) is 12.0. The number of ether oxygens (including phenoxy) is 1. The summed E-state index contributed by atoms with van der Waals surface area (Å²) in [4.78, 5) is 4.43. The number of aliphatic imine (C=N–C) groups is 1. The van der Waals surface area contributed by atoms with Gasteiger partial charge in [-0.15, -0.1) is 0 Å². The first-order chi connectivity index (χ1) is 7.62.